The minimum absolute atomic E-state index is 0.319. The van der Waals surface area contributed by atoms with Crippen LogP contribution in [-0.2, 0) is 4.74 Å². The highest BCUT2D eigenvalue weighted by Gasteiger charge is 2.09. The molecule has 3 aromatic rings. The smallest absolute Gasteiger partial charge is 0.338 e. The molecule has 154 valence electrons. The lowest BCUT2D eigenvalue weighted by atomic mass is 10.1. The number of hydrogen-bond acceptors (Lipinski definition) is 5. The quantitative estimate of drug-likeness (QED) is 0.207. The number of hydrazone groups is 1. The first-order valence-electron chi connectivity index (χ1n) is 9.53. The number of benzene rings is 2. The van der Waals surface area contributed by atoms with Gasteiger partial charge in [-0.05, 0) is 48.9 Å². The van der Waals surface area contributed by atoms with Crippen molar-refractivity contribution in [2.24, 2.45) is 5.10 Å². The molecule has 0 radical (unpaired) electrons. The van der Waals surface area contributed by atoms with E-state index in [4.69, 9.17) is 9.15 Å². The van der Waals surface area contributed by atoms with Crippen LogP contribution in [0.25, 0.3) is 11.3 Å². The van der Waals surface area contributed by atoms with Crippen molar-refractivity contribution in [1.29, 1.82) is 0 Å². The Morgan fingerprint density at radius 2 is 1.90 bits per heavy atom. The standard InChI is InChI=1S/C23H21BrN2O4/c1-2-3-13-29-23(28)17-9-7-16(8-10-17)21-12-11-20(30-21)15-25-26-22(27)18-5-4-6-19(24)14-18/h4-12,14-15H,2-3,13H2,1H3,(H,26,27)/b25-15-. The van der Waals surface area contributed by atoms with E-state index in [0.717, 1.165) is 22.9 Å². The molecule has 0 unspecified atom stereocenters. The average molecular weight is 469 g/mol. The largest absolute Gasteiger partial charge is 0.462 e. The third kappa shape index (κ3) is 5.90. The SMILES string of the molecule is CCCCOC(=O)c1ccc(-c2ccc(/C=N\NC(=O)c3cccc(Br)c3)o2)cc1. The molecule has 0 atom stereocenters. The highest BCUT2D eigenvalue weighted by atomic mass is 79.9. The van der Waals surface area contributed by atoms with Gasteiger partial charge in [-0.2, -0.15) is 5.10 Å². The van der Waals surface area contributed by atoms with E-state index in [1.165, 1.54) is 6.21 Å². The molecule has 3 rings (SSSR count). The molecule has 30 heavy (non-hydrogen) atoms. The first-order chi connectivity index (χ1) is 14.6. The Kier molecular flexibility index (Phi) is 7.57. The number of esters is 1. The predicted octanol–water partition coefficient (Wildman–Crippen LogP) is 5.43. The summed E-state index contributed by atoms with van der Waals surface area (Å²) in [7, 11) is 0. The zero-order chi connectivity index (χ0) is 21.3. The minimum Gasteiger partial charge on any atom is -0.462 e. The van der Waals surface area contributed by atoms with Gasteiger partial charge in [-0.1, -0.05) is 47.5 Å². The highest BCUT2D eigenvalue weighted by molar-refractivity contribution is 9.10. The molecule has 2 aromatic carbocycles. The summed E-state index contributed by atoms with van der Waals surface area (Å²) in [6, 6.07) is 17.6. The Morgan fingerprint density at radius 1 is 1.10 bits per heavy atom. The summed E-state index contributed by atoms with van der Waals surface area (Å²) in [5.74, 6) is 0.465. The molecule has 0 aliphatic heterocycles. The van der Waals surface area contributed by atoms with Crippen LogP contribution in [-0.4, -0.2) is 24.7 Å². The van der Waals surface area contributed by atoms with Crippen LogP contribution in [0.2, 0.25) is 0 Å². The lowest BCUT2D eigenvalue weighted by Gasteiger charge is -2.04. The molecule has 0 spiro atoms. The first-order valence-corrected chi connectivity index (χ1v) is 10.3. The van der Waals surface area contributed by atoms with Gasteiger partial charge in [0, 0.05) is 15.6 Å². The van der Waals surface area contributed by atoms with E-state index >= 15 is 0 Å². The summed E-state index contributed by atoms with van der Waals surface area (Å²) in [5.41, 5.74) is 4.27. The molecule has 0 fully saturated rings. The van der Waals surface area contributed by atoms with Gasteiger partial charge in [-0.15, -0.1) is 0 Å². The topological polar surface area (TPSA) is 80.9 Å². The van der Waals surface area contributed by atoms with Gasteiger partial charge in [0.05, 0.1) is 18.4 Å². The lowest BCUT2D eigenvalue weighted by Crippen LogP contribution is -2.17. The fraction of sp³-hybridized carbons (Fsp3) is 0.174. The van der Waals surface area contributed by atoms with Crippen LogP contribution in [0.1, 0.15) is 46.2 Å². The van der Waals surface area contributed by atoms with E-state index in [1.807, 2.05) is 13.0 Å². The van der Waals surface area contributed by atoms with E-state index in [-0.39, 0.29) is 11.9 Å². The van der Waals surface area contributed by atoms with E-state index in [2.05, 4.69) is 26.5 Å². The van der Waals surface area contributed by atoms with Gasteiger partial charge < -0.3 is 9.15 Å². The van der Waals surface area contributed by atoms with Gasteiger partial charge >= 0.3 is 5.97 Å². The summed E-state index contributed by atoms with van der Waals surface area (Å²) in [5, 5.41) is 3.93. The Labute approximate surface area is 183 Å². The number of unbranched alkanes of at least 4 members (excludes halogenated alkanes) is 1. The Bertz CT molecular complexity index is 1040. The minimum atomic E-state index is -0.330. The zero-order valence-corrected chi connectivity index (χ0v) is 18.0. The van der Waals surface area contributed by atoms with Crippen LogP contribution in [0.5, 0.6) is 0 Å². The van der Waals surface area contributed by atoms with Crippen molar-refractivity contribution in [3.05, 3.63) is 82.0 Å². The first kappa shape index (κ1) is 21.5. The molecule has 0 saturated carbocycles. The zero-order valence-electron chi connectivity index (χ0n) is 16.4. The number of amides is 1. The molecular weight excluding hydrogens is 448 g/mol. The van der Waals surface area contributed by atoms with Crippen LogP contribution in [0.4, 0.5) is 0 Å². The normalized spacial score (nSPS) is 10.9. The molecule has 1 N–H and O–H groups in total. The van der Waals surface area contributed by atoms with Crippen molar-refractivity contribution in [2.45, 2.75) is 19.8 Å². The summed E-state index contributed by atoms with van der Waals surface area (Å²) < 4.78 is 11.8. The van der Waals surface area contributed by atoms with Crippen molar-refractivity contribution in [1.82, 2.24) is 5.43 Å². The Morgan fingerprint density at radius 3 is 2.63 bits per heavy atom. The third-order valence-electron chi connectivity index (χ3n) is 4.21. The number of halogens is 1. The summed E-state index contributed by atoms with van der Waals surface area (Å²) in [4.78, 5) is 24.0. The Hall–Kier alpha value is -3.19. The molecule has 1 heterocycles. The lowest BCUT2D eigenvalue weighted by molar-refractivity contribution is 0.0499. The Balaban J connectivity index is 1.58. The number of furan rings is 1. The van der Waals surface area contributed by atoms with E-state index < -0.39 is 0 Å². The van der Waals surface area contributed by atoms with Gasteiger partial charge in [-0.25, -0.2) is 10.2 Å². The molecule has 7 heteroatoms. The second kappa shape index (κ2) is 10.5. The second-order valence-corrected chi connectivity index (χ2v) is 7.39. The van der Waals surface area contributed by atoms with E-state index in [9.17, 15) is 9.59 Å². The number of ether oxygens (including phenoxy) is 1. The maximum atomic E-state index is 12.1. The van der Waals surface area contributed by atoms with Gasteiger partial charge in [0.25, 0.3) is 5.91 Å². The molecule has 0 saturated heterocycles. The van der Waals surface area contributed by atoms with Crippen LogP contribution < -0.4 is 5.43 Å². The second-order valence-electron chi connectivity index (χ2n) is 6.48. The summed E-state index contributed by atoms with van der Waals surface area (Å²) in [6.45, 7) is 2.47. The van der Waals surface area contributed by atoms with Crippen molar-refractivity contribution in [3.63, 3.8) is 0 Å². The number of nitrogens with zero attached hydrogens (tertiary/aromatic N) is 1. The number of rotatable bonds is 8. The molecule has 0 aliphatic rings. The number of nitrogens with one attached hydrogen (secondary N) is 1. The molecule has 0 bridgehead atoms. The number of carbonyl (C=O) groups excluding carboxylic acids is 2. The van der Waals surface area contributed by atoms with Crippen molar-refractivity contribution < 1.29 is 18.7 Å². The van der Waals surface area contributed by atoms with Crippen molar-refractivity contribution >= 4 is 34.0 Å². The fourth-order valence-corrected chi connectivity index (χ4v) is 2.99. The monoisotopic (exact) mass is 468 g/mol. The van der Waals surface area contributed by atoms with E-state index in [1.54, 1.807) is 54.6 Å². The molecule has 0 aliphatic carbocycles. The van der Waals surface area contributed by atoms with E-state index in [0.29, 0.717) is 29.3 Å². The average Bonchev–Trinajstić information content (AvgIpc) is 3.23. The molecular formula is C23H21BrN2O4. The van der Waals surface area contributed by atoms with Gasteiger partial charge in [0.15, 0.2) is 0 Å². The number of carbonyl (C=O) groups is 2. The van der Waals surface area contributed by atoms with Crippen LogP contribution in [0.3, 0.4) is 0 Å². The molecule has 6 nitrogen and oxygen atoms in total. The summed E-state index contributed by atoms with van der Waals surface area (Å²) in [6.07, 6.45) is 3.26. The van der Waals surface area contributed by atoms with Crippen molar-refractivity contribution in [2.75, 3.05) is 6.61 Å². The van der Waals surface area contributed by atoms with Gasteiger partial charge in [-0.3, -0.25) is 4.79 Å². The van der Waals surface area contributed by atoms with Crippen LogP contribution >= 0.6 is 15.9 Å². The molecule has 1 aromatic heterocycles. The fourth-order valence-electron chi connectivity index (χ4n) is 2.59. The maximum absolute atomic E-state index is 12.1. The van der Waals surface area contributed by atoms with Gasteiger partial charge in [0.2, 0.25) is 0 Å². The predicted molar refractivity (Wildman–Crippen MR) is 119 cm³/mol. The van der Waals surface area contributed by atoms with Gasteiger partial charge in [0.1, 0.15) is 11.5 Å². The highest BCUT2D eigenvalue weighted by Crippen LogP contribution is 2.22. The molecule has 1 amide bonds. The maximum Gasteiger partial charge on any atom is 0.338 e. The third-order valence-corrected chi connectivity index (χ3v) is 4.70. The number of hydrogen-bond donors (Lipinski definition) is 1. The van der Waals surface area contributed by atoms with Crippen LogP contribution in [0, 0.1) is 0 Å². The van der Waals surface area contributed by atoms with Crippen molar-refractivity contribution in [3.8, 4) is 11.3 Å². The summed E-state index contributed by atoms with van der Waals surface area (Å²) >= 11 is 3.33. The van der Waals surface area contributed by atoms with Crippen LogP contribution in [0.15, 0.2) is 74.7 Å².